The lowest BCUT2D eigenvalue weighted by Crippen LogP contribution is -2.12. The van der Waals surface area contributed by atoms with Crippen LogP contribution in [0.2, 0.25) is 10.0 Å². The molecular weight excluding hydrogens is 257 g/mol. The Morgan fingerprint density at radius 3 is 2.20 bits per heavy atom. The molecule has 0 saturated carbocycles. The maximum Gasteiger partial charge on any atom is 0.181 e. The van der Waals surface area contributed by atoms with E-state index in [1.807, 2.05) is 0 Å². The quantitative estimate of drug-likeness (QED) is 0.909. The fourth-order valence-electron chi connectivity index (χ4n) is 1.16. The summed E-state index contributed by atoms with van der Waals surface area (Å²) in [5.74, 6) is -0.0348. The first kappa shape index (κ1) is 12.8. The highest BCUT2D eigenvalue weighted by atomic mass is 35.5. The van der Waals surface area contributed by atoms with Crippen LogP contribution in [0.1, 0.15) is 6.42 Å². The van der Waals surface area contributed by atoms with Crippen molar-refractivity contribution in [3.8, 4) is 0 Å². The zero-order valence-electron chi connectivity index (χ0n) is 7.91. The molecule has 0 heterocycles. The minimum Gasteiger partial charge on any atom is -0.330 e. The second kappa shape index (κ2) is 5.16. The molecule has 0 aliphatic rings. The molecule has 15 heavy (non-hydrogen) atoms. The smallest absolute Gasteiger partial charge is 0.181 e. The largest absolute Gasteiger partial charge is 0.330 e. The van der Waals surface area contributed by atoms with Gasteiger partial charge in [-0.1, -0.05) is 29.3 Å². The molecule has 0 radical (unpaired) electrons. The number of halogens is 2. The van der Waals surface area contributed by atoms with Crippen LogP contribution in [0.25, 0.3) is 0 Å². The Kier molecular flexibility index (Phi) is 4.40. The van der Waals surface area contributed by atoms with Crippen molar-refractivity contribution in [3.05, 3.63) is 28.2 Å². The predicted octanol–water partition coefficient (Wildman–Crippen LogP) is 2.12. The fraction of sp³-hybridized carbons (Fsp3) is 0.333. The summed E-state index contributed by atoms with van der Waals surface area (Å²) in [5, 5.41) is 0.305. The Bertz CT molecular complexity index is 425. The second-order valence-electron chi connectivity index (χ2n) is 3.01. The number of sulfone groups is 1. The van der Waals surface area contributed by atoms with E-state index >= 15 is 0 Å². The molecule has 1 rings (SSSR count). The van der Waals surface area contributed by atoms with Crippen molar-refractivity contribution in [1.82, 2.24) is 0 Å². The van der Waals surface area contributed by atoms with Gasteiger partial charge in [-0.25, -0.2) is 8.42 Å². The maximum atomic E-state index is 11.8. The van der Waals surface area contributed by atoms with E-state index in [4.69, 9.17) is 28.9 Å². The van der Waals surface area contributed by atoms with Crippen molar-refractivity contribution in [1.29, 1.82) is 0 Å². The first-order chi connectivity index (χ1) is 6.99. The Balaban J connectivity index is 3.15. The molecule has 3 nitrogen and oxygen atoms in total. The fourth-order valence-corrected chi connectivity index (χ4v) is 3.74. The van der Waals surface area contributed by atoms with Crippen LogP contribution in [0.5, 0.6) is 0 Å². The third-order valence-corrected chi connectivity index (χ3v) is 4.59. The summed E-state index contributed by atoms with van der Waals surface area (Å²) < 4.78 is 23.6. The molecule has 1 aromatic carbocycles. The first-order valence-electron chi connectivity index (χ1n) is 4.36. The molecule has 6 heteroatoms. The Morgan fingerprint density at radius 2 is 1.73 bits per heavy atom. The van der Waals surface area contributed by atoms with Gasteiger partial charge in [0.1, 0.15) is 4.90 Å². The monoisotopic (exact) mass is 267 g/mol. The molecule has 0 aliphatic carbocycles. The van der Waals surface area contributed by atoms with Crippen molar-refractivity contribution >= 4 is 33.0 Å². The number of hydrogen-bond donors (Lipinski definition) is 1. The van der Waals surface area contributed by atoms with Crippen LogP contribution in [-0.2, 0) is 9.84 Å². The van der Waals surface area contributed by atoms with Crippen LogP contribution in [0.15, 0.2) is 23.1 Å². The van der Waals surface area contributed by atoms with Crippen molar-refractivity contribution in [2.45, 2.75) is 11.3 Å². The molecule has 0 saturated heterocycles. The minimum atomic E-state index is -3.43. The van der Waals surface area contributed by atoms with Gasteiger partial charge in [-0.05, 0) is 25.1 Å². The van der Waals surface area contributed by atoms with E-state index in [-0.39, 0.29) is 20.7 Å². The Morgan fingerprint density at radius 1 is 1.20 bits per heavy atom. The highest BCUT2D eigenvalue weighted by molar-refractivity contribution is 7.91. The second-order valence-corrected chi connectivity index (χ2v) is 5.87. The highest BCUT2D eigenvalue weighted by Gasteiger charge is 2.20. The van der Waals surface area contributed by atoms with Gasteiger partial charge in [0.2, 0.25) is 0 Å². The maximum absolute atomic E-state index is 11.8. The van der Waals surface area contributed by atoms with Gasteiger partial charge in [0.05, 0.1) is 15.8 Å². The molecule has 84 valence electrons. The number of benzene rings is 1. The average Bonchev–Trinajstić information content (AvgIpc) is 2.14. The van der Waals surface area contributed by atoms with Gasteiger partial charge in [0.15, 0.2) is 9.84 Å². The summed E-state index contributed by atoms with van der Waals surface area (Å²) in [6.07, 6.45) is 0.393. The van der Waals surface area contributed by atoms with E-state index in [1.165, 1.54) is 12.1 Å². The van der Waals surface area contributed by atoms with E-state index in [1.54, 1.807) is 6.07 Å². The summed E-state index contributed by atoms with van der Waals surface area (Å²) >= 11 is 11.6. The van der Waals surface area contributed by atoms with Gasteiger partial charge in [0.25, 0.3) is 0 Å². The SMILES string of the molecule is NCCCS(=O)(=O)c1c(Cl)cccc1Cl. The minimum absolute atomic E-state index is 0.00165. The van der Waals surface area contributed by atoms with E-state index in [9.17, 15) is 8.42 Å². The van der Waals surface area contributed by atoms with Gasteiger partial charge in [-0.3, -0.25) is 0 Å². The summed E-state index contributed by atoms with van der Waals surface area (Å²) in [5.41, 5.74) is 5.26. The van der Waals surface area contributed by atoms with Gasteiger partial charge in [-0.2, -0.15) is 0 Å². The molecule has 0 amide bonds. The Hall–Kier alpha value is -0.290. The molecule has 2 N–H and O–H groups in total. The standard InChI is InChI=1S/C9H11Cl2NO2S/c10-7-3-1-4-8(11)9(7)15(13,14)6-2-5-12/h1,3-4H,2,5-6,12H2. The van der Waals surface area contributed by atoms with Gasteiger partial charge >= 0.3 is 0 Å². The van der Waals surface area contributed by atoms with Crippen LogP contribution in [0.3, 0.4) is 0 Å². The van der Waals surface area contributed by atoms with Gasteiger partial charge in [0, 0.05) is 0 Å². The summed E-state index contributed by atoms with van der Waals surface area (Å²) in [6.45, 7) is 0.321. The molecule has 0 aliphatic heterocycles. The predicted molar refractivity (Wildman–Crippen MR) is 62.2 cm³/mol. The summed E-state index contributed by atoms with van der Waals surface area (Å²) in [6, 6.07) is 4.61. The lowest BCUT2D eigenvalue weighted by atomic mass is 10.4. The zero-order chi connectivity index (χ0) is 11.5. The number of rotatable bonds is 4. The molecule has 0 atom stereocenters. The van der Waals surface area contributed by atoms with Crippen LogP contribution < -0.4 is 5.73 Å². The highest BCUT2D eigenvalue weighted by Crippen LogP contribution is 2.29. The molecule has 0 unspecified atom stereocenters. The van der Waals surface area contributed by atoms with E-state index in [2.05, 4.69) is 0 Å². The third-order valence-electron chi connectivity index (χ3n) is 1.85. The van der Waals surface area contributed by atoms with Gasteiger partial charge in [-0.15, -0.1) is 0 Å². The topological polar surface area (TPSA) is 60.2 Å². The lowest BCUT2D eigenvalue weighted by molar-refractivity contribution is 0.593. The summed E-state index contributed by atoms with van der Waals surface area (Å²) in [7, 11) is -3.43. The van der Waals surface area contributed by atoms with Crippen molar-refractivity contribution in [2.75, 3.05) is 12.3 Å². The van der Waals surface area contributed by atoms with Gasteiger partial charge < -0.3 is 5.73 Å². The normalized spacial score (nSPS) is 11.7. The molecular formula is C9H11Cl2NO2S. The molecule has 0 aromatic heterocycles. The van der Waals surface area contributed by atoms with Crippen molar-refractivity contribution in [2.24, 2.45) is 5.73 Å². The van der Waals surface area contributed by atoms with Crippen molar-refractivity contribution in [3.63, 3.8) is 0 Å². The van der Waals surface area contributed by atoms with E-state index in [0.29, 0.717) is 13.0 Å². The van der Waals surface area contributed by atoms with Crippen molar-refractivity contribution < 1.29 is 8.42 Å². The van der Waals surface area contributed by atoms with Crippen LogP contribution in [-0.4, -0.2) is 20.7 Å². The number of hydrogen-bond acceptors (Lipinski definition) is 3. The third kappa shape index (κ3) is 3.08. The van der Waals surface area contributed by atoms with E-state index < -0.39 is 9.84 Å². The Labute approximate surface area is 99.1 Å². The first-order valence-corrected chi connectivity index (χ1v) is 6.76. The lowest BCUT2D eigenvalue weighted by Gasteiger charge is -2.07. The van der Waals surface area contributed by atoms with Crippen LogP contribution in [0.4, 0.5) is 0 Å². The van der Waals surface area contributed by atoms with E-state index in [0.717, 1.165) is 0 Å². The zero-order valence-corrected chi connectivity index (χ0v) is 10.2. The average molecular weight is 268 g/mol. The number of nitrogens with two attached hydrogens (primary N) is 1. The van der Waals surface area contributed by atoms with Crippen LogP contribution in [0, 0.1) is 0 Å². The molecule has 1 aromatic rings. The molecule has 0 bridgehead atoms. The molecule has 0 fully saturated rings. The molecule has 0 spiro atoms. The summed E-state index contributed by atoms with van der Waals surface area (Å²) in [4.78, 5) is 0.00165. The van der Waals surface area contributed by atoms with Crippen LogP contribution >= 0.6 is 23.2 Å².